The fourth-order valence-electron chi connectivity index (χ4n) is 1.87. The number of nitrogens with one attached hydrogen (secondary N) is 1. The van der Waals surface area contributed by atoms with Crippen LogP contribution >= 0.6 is 0 Å². The molecule has 24 heavy (non-hydrogen) atoms. The maximum absolute atomic E-state index is 12.0. The standard InChI is InChI=1S/C17H17N3O4/c1-2-10-24-16-8-6-14(7-9-16)17(21)19-18-12-13-4-3-5-15(11-13)20(22)23/h3-9,11-12H,2,10H2,1H3,(H,19,21). The van der Waals surface area contributed by atoms with E-state index < -0.39 is 4.92 Å². The molecule has 1 amide bonds. The second-order valence-electron chi connectivity index (χ2n) is 4.92. The maximum atomic E-state index is 12.0. The number of nitro benzene ring substituents is 1. The lowest BCUT2D eigenvalue weighted by molar-refractivity contribution is -0.384. The van der Waals surface area contributed by atoms with E-state index in [2.05, 4.69) is 10.5 Å². The Balaban J connectivity index is 1.95. The molecule has 1 N–H and O–H groups in total. The van der Waals surface area contributed by atoms with E-state index in [0.29, 0.717) is 23.5 Å². The van der Waals surface area contributed by atoms with Crippen molar-refractivity contribution in [3.63, 3.8) is 0 Å². The monoisotopic (exact) mass is 327 g/mol. The van der Waals surface area contributed by atoms with E-state index in [1.54, 1.807) is 36.4 Å². The molecule has 0 spiro atoms. The van der Waals surface area contributed by atoms with Gasteiger partial charge in [-0.1, -0.05) is 19.1 Å². The molecule has 0 aliphatic rings. The first-order valence-corrected chi connectivity index (χ1v) is 7.41. The Hall–Kier alpha value is -3.22. The molecule has 0 aliphatic heterocycles. The van der Waals surface area contributed by atoms with Gasteiger partial charge < -0.3 is 4.74 Å². The summed E-state index contributed by atoms with van der Waals surface area (Å²) in [5, 5.41) is 14.5. The van der Waals surface area contributed by atoms with E-state index >= 15 is 0 Å². The zero-order valence-electron chi connectivity index (χ0n) is 13.1. The van der Waals surface area contributed by atoms with Crippen LogP contribution in [-0.4, -0.2) is 23.7 Å². The molecule has 0 saturated heterocycles. The molecule has 124 valence electrons. The second-order valence-corrected chi connectivity index (χ2v) is 4.92. The minimum Gasteiger partial charge on any atom is -0.494 e. The third-order valence-corrected chi connectivity index (χ3v) is 3.05. The molecule has 0 radical (unpaired) electrons. The van der Waals surface area contributed by atoms with Crippen molar-refractivity contribution in [2.45, 2.75) is 13.3 Å². The van der Waals surface area contributed by atoms with Crippen molar-refractivity contribution in [3.05, 3.63) is 69.8 Å². The summed E-state index contributed by atoms with van der Waals surface area (Å²) in [5.41, 5.74) is 3.31. The molecule has 2 aromatic carbocycles. The van der Waals surface area contributed by atoms with Crippen molar-refractivity contribution in [2.75, 3.05) is 6.61 Å². The Morgan fingerprint density at radius 2 is 2.04 bits per heavy atom. The van der Waals surface area contributed by atoms with Crippen LogP contribution in [0.5, 0.6) is 5.75 Å². The van der Waals surface area contributed by atoms with Crippen LogP contribution in [0.4, 0.5) is 5.69 Å². The van der Waals surface area contributed by atoms with Crippen LogP contribution in [0.1, 0.15) is 29.3 Å². The SMILES string of the molecule is CCCOc1ccc(C(=O)NN=Cc2cccc([N+](=O)[O-])c2)cc1. The largest absolute Gasteiger partial charge is 0.494 e. The molecule has 2 rings (SSSR count). The topological polar surface area (TPSA) is 93.8 Å². The molecule has 0 atom stereocenters. The molecule has 0 aromatic heterocycles. The second kappa shape index (κ2) is 8.42. The van der Waals surface area contributed by atoms with Crippen molar-refractivity contribution in [3.8, 4) is 5.75 Å². The summed E-state index contributed by atoms with van der Waals surface area (Å²) < 4.78 is 5.44. The van der Waals surface area contributed by atoms with Gasteiger partial charge in [0.15, 0.2) is 0 Å². The number of hydrogen-bond donors (Lipinski definition) is 1. The van der Waals surface area contributed by atoms with Crippen LogP contribution < -0.4 is 10.2 Å². The van der Waals surface area contributed by atoms with E-state index in [-0.39, 0.29) is 11.6 Å². The molecular formula is C17H17N3O4. The quantitative estimate of drug-likeness (QED) is 0.480. The highest BCUT2D eigenvalue weighted by Gasteiger charge is 2.06. The fraction of sp³-hybridized carbons (Fsp3) is 0.176. The third-order valence-electron chi connectivity index (χ3n) is 3.05. The summed E-state index contributed by atoms with van der Waals surface area (Å²) >= 11 is 0. The van der Waals surface area contributed by atoms with Gasteiger partial charge in [0.05, 0.1) is 17.7 Å². The summed E-state index contributed by atoms with van der Waals surface area (Å²) in [4.78, 5) is 22.2. The zero-order chi connectivity index (χ0) is 17.4. The Labute approximate surface area is 139 Å². The number of ether oxygens (including phenoxy) is 1. The zero-order valence-corrected chi connectivity index (χ0v) is 13.1. The van der Waals surface area contributed by atoms with Gasteiger partial charge in [0.25, 0.3) is 11.6 Å². The molecule has 7 heteroatoms. The van der Waals surface area contributed by atoms with Crippen LogP contribution in [0.25, 0.3) is 0 Å². The van der Waals surface area contributed by atoms with Crippen LogP contribution in [-0.2, 0) is 0 Å². The van der Waals surface area contributed by atoms with Gasteiger partial charge in [-0.15, -0.1) is 0 Å². The van der Waals surface area contributed by atoms with E-state index in [1.165, 1.54) is 18.3 Å². The van der Waals surface area contributed by atoms with Gasteiger partial charge in [-0.3, -0.25) is 14.9 Å². The number of carbonyl (C=O) groups excluding carboxylic acids is 1. The highest BCUT2D eigenvalue weighted by atomic mass is 16.6. The van der Waals surface area contributed by atoms with Crippen molar-refractivity contribution < 1.29 is 14.5 Å². The van der Waals surface area contributed by atoms with Gasteiger partial charge in [0, 0.05) is 23.3 Å². The first-order chi connectivity index (χ1) is 11.6. The van der Waals surface area contributed by atoms with Gasteiger partial charge in [-0.25, -0.2) is 5.43 Å². The van der Waals surface area contributed by atoms with E-state index in [1.807, 2.05) is 6.92 Å². The maximum Gasteiger partial charge on any atom is 0.271 e. The molecule has 0 bridgehead atoms. The Morgan fingerprint density at radius 3 is 2.71 bits per heavy atom. The lowest BCUT2D eigenvalue weighted by Gasteiger charge is -2.05. The average Bonchev–Trinajstić information content (AvgIpc) is 2.60. The predicted molar refractivity (Wildman–Crippen MR) is 90.4 cm³/mol. The smallest absolute Gasteiger partial charge is 0.271 e. The van der Waals surface area contributed by atoms with Gasteiger partial charge in [0.2, 0.25) is 0 Å². The molecule has 0 aliphatic carbocycles. The number of nitrogens with zero attached hydrogens (tertiary/aromatic N) is 2. The fourth-order valence-corrected chi connectivity index (χ4v) is 1.87. The highest BCUT2D eigenvalue weighted by molar-refractivity contribution is 5.95. The molecular weight excluding hydrogens is 310 g/mol. The van der Waals surface area contributed by atoms with E-state index in [4.69, 9.17) is 4.74 Å². The van der Waals surface area contributed by atoms with Crippen molar-refractivity contribution >= 4 is 17.8 Å². The molecule has 0 saturated carbocycles. The Kier molecular flexibility index (Phi) is 6.01. The van der Waals surface area contributed by atoms with Crippen LogP contribution in [0.3, 0.4) is 0 Å². The van der Waals surface area contributed by atoms with Crippen molar-refractivity contribution in [2.24, 2.45) is 5.10 Å². The van der Waals surface area contributed by atoms with Crippen LogP contribution in [0.15, 0.2) is 53.6 Å². The number of hydrogen-bond acceptors (Lipinski definition) is 5. The average molecular weight is 327 g/mol. The number of carbonyl (C=O) groups is 1. The summed E-state index contributed by atoms with van der Waals surface area (Å²) in [6.07, 6.45) is 2.26. The summed E-state index contributed by atoms with van der Waals surface area (Å²) in [6.45, 7) is 2.64. The van der Waals surface area contributed by atoms with E-state index in [0.717, 1.165) is 6.42 Å². The Morgan fingerprint density at radius 1 is 1.29 bits per heavy atom. The van der Waals surface area contributed by atoms with E-state index in [9.17, 15) is 14.9 Å². The first kappa shape index (κ1) is 17.1. The van der Waals surface area contributed by atoms with Gasteiger partial charge in [0.1, 0.15) is 5.75 Å². The molecule has 7 nitrogen and oxygen atoms in total. The molecule has 0 heterocycles. The Bertz CT molecular complexity index is 742. The summed E-state index contributed by atoms with van der Waals surface area (Å²) in [7, 11) is 0. The molecule has 0 unspecified atom stereocenters. The highest BCUT2D eigenvalue weighted by Crippen LogP contribution is 2.13. The summed E-state index contributed by atoms with van der Waals surface area (Å²) in [6, 6.07) is 12.7. The number of rotatable bonds is 7. The van der Waals surface area contributed by atoms with Crippen molar-refractivity contribution in [1.29, 1.82) is 0 Å². The number of benzene rings is 2. The normalized spacial score (nSPS) is 10.5. The number of amides is 1. The lowest BCUT2D eigenvalue weighted by Crippen LogP contribution is -2.17. The minimum absolute atomic E-state index is 0.0343. The van der Waals surface area contributed by atoms with Crippen LogP contribution in [0, 0.1) is 10.1 Å². The number of non-ortho nitro benzene ring substituents is 1. The van der Waals surface area contributed by atoms with Gasteiger partial charge >= 0.3 is 0 Å². The number of hydrazone groups is 1. The van der Waals surface area contributed by atoms with Gasteiger partial charge in [-0.05, 0) is 30.7 Å². The minimum atomic E-state index is -0.488. The first-order valence-electron chi connectivity index (χ1n) is 7.41. The lowest BCUT2D eigenvalue weighted by atomic mass is 10.2. The van der Waals surface area contributed by atoms with Gasteiger partial charge in [-0.2, -0.15) is 5.10 Å². The molecule has 0 fully saturated rings. The molecule has 2 aromatic rings. The number of nitro groups is 1. The summed E-state index contributed by atoms with van der Waals surface area (Å²) in [5.74, 6) is 0.326. The third kappa shape index (κ3) is 4.91. The van der Waals surface area contributed by atoms with Crippen molar-refractivity contribution in [1.82, 2.24) is 5.43 Å². The van der Waals surface area contributed by atoms with Crippen LogP contribution in [0.2, 0.25) is 0 Å². The predicted octanol–water partition coefficient (Wildman–Crippen LogP) is 3.15.